The highest BCUT2D eigenvalue weighted by Gasteiger charge is 2.25. The second-order valence-electron chi connectivity index (χ2n) is 7.39. The number of aryl methyl sites for hydroxylation is 2. The van der Waals surface area contributed by atoms with E-state index in [0.29, 0.717) is 17.5 Å². The van der Waals surface area contributed by atoms with Gasteiger partial charge in [0.2, 0.25) is 0 Å². The lowest BCUT2D eigenvalue weighted by Crippen LogP contribution is -2.36. The summed E-state index contributed by atoms with van der Waals surface area (Å²) < 4.78 is 5.77. The number of likely N-dealkylation sites (tertiary alicyclic amines) is 1. The molecule has 146 valence electrons. The van der Waals surface area contributed by atoms with Crippen LogP contribution in [0.1, 0.15) is 45.4 Å². The summed E-state index contributed by atoms with van der Waals surface area (Å²) in [4.78, 5) is 28.8. The lowest BCUT2D eigenvalue weighted by molar-refractivity contribution is 0.0911. The number of nitrogens with zero attached hydrogens (tertiary/aromatic N) is 1. The second kappa shape index (κ2) is 7.89. The number of thiophene rings is 1. The van der Waals surface area contributed by atoms with Gasteiger partial charge >= 0.3 is 0 Å². The number of hydrogen-bond acceptors (Lipinski definition) is 5. The molecule has 1 N–H and O–H groups in total. The molecule has 0 radical (unpaired) electrons. The molecule has 2 aromatic heterocycles. The van der Waals surface area contributed by atoms with E-state index in [0.717, 1.165) is 24.2 Å². The summed E-state index contributed by atoms with van der Waals surface area (Å²) >= 11 is 1.71. The van der Waals surface area contributed by atoms with Crippen LogP contribution in [0.5, 0.6) is 0 Å². The first-order valence-corrected chi connectivity index (χ1v) is 10.5. The molecule has 0 bridgehead atoms. The number of fused-ring (bicyclic) bond motifs is 1. The Morgan fingerprint density at radius 2 is 1.96 bits per heavy atom. The van der Waals surface area contributed by atoms with Gasteiger partial charge in [-0.3, -0.25) is 14.5 Å². The van der Waals surface area contributed by atoms with Gasteiger partial charge in [-0.15, -0.1) is 11.3 Å². The summed E-state index contributed by atoms with van der Waals surface area (Å²) in [6.07, 6.45) is 2.38. The van der Waals surface area contributed by atoms with Crippen molar-refractivity contribution in [3.63, 3.8) is 0 Å². The Bertz CT molecular complexity index is 1050. The Morgan fingerprint density at radius 3 is 2.68 bits per heavy atom. The summed E-state index contributed by atoms with van der Waals surface area (Å²) in [6, 6.07) is 9.24. The highest BCUT2D eigenvalue weighted by atomic mass is 32.1. The van der Waals surface area contributed by atoms with Crippen LogP contribution in [0.2, 0.25) is 0 Å². The van der Waals surface area contributed by atoms with Gasteiger partial charge in [0.05, 0.1) is 11.4 Å². The Hall–Kier alpha value is -2.44. The quantitative estimate of drug-likeness (QED) is 0.707. The lowest BCUT2D eigenvalue weighted by Gasteiger charge is -2.26. The van der Waals surface area contributed by atoms with Crippen LogP contribution in [0.3, 0.4) is 0 Å². The van der Waals surface area contributed by atoms with Crippen molar-refractivity contribution in [3.8, 4) is 0 Å². The fourth-order valence-corrected chi connectivity index (χ4v) is 4.60. The van der Waals surface area contributed by atoms with Crippen LogP contribution in [0, 0.1) is 13.8 Å². The number of carbonyl (C=O) groups excluding carboxylic acids is 1. The minimum absolute atomic E-state index is 0.0621. The maximum atomic E-state index is 12.7. The molecule has 0 aliphatic carbocycles. The molecule has 0 saturated carbocycles. The van der Waals surface area contributed by atoms with Crippen molar-refractivity contribution in [2.24, 2.45) is 0 Å². The summed E-state index contributed by atoms with van der Waals surface area (Å²) in [5.41, 5.74) is 2.32. The third-order valence-electron chi connectivity index (χ3n) is 5.48. The molecule has 1 amide bonds. The largest absolute Gasteiger partial charge is 0.451 e. The topological polar surface area (TPSA) is 62.6 Å². The van der Waals surface area contributed by atoms with E-state index in [2.05, 4.69) is 21.7 Å². The third kappa shape index (κ3) is 3.75. The van der Waals surface area contributed by atoms with E-state index in [-0.39, 0.29) is 23.1 Å². The van der Waals surface area contributed by atoms with Crippen molar-refractivity contribution >= 4 is 28.2 Å². The standard InChI is InChI=1S/C22H24N2O3S/c1-14-10-16-18(25)12-20(27-19(16)11-15(14)2)22(26)23-13-17(21-6-5-9-28-21)24-7-3-4-8-24/h5-6,9-12,17H,3-4,7-8,13H2,1-2H3,(H,23,26). The zero-order valence-corrected chi connectivity index (χ0v) is 17.0. The van der Waals surface area contributed by atoms with Crippen LogP contribution in [0.4, 0.5) is 0 Å². The molecular formula is C22H24N2O3S. The van der Waals surface area contributed by atoms with Gasteiger partial charge in [0.1, 0.15) is 5.58 Å². The molecule has 3 heterocycles. The maximum Gasteiger partial charge on any atom is 0.287 e. The summed E-state index contributed by atoms with van der Waals surface area (Å²) in [6.45, 7) is 6.50. The number of benzene rings is 1. The molecule has 1 aliphatic heterocycles. The van der Waals surface area contributed by atoms with Crippen molar-refractivity contribution in [2.45, 2.75) is 32.7 Å². The van der Waals surface area contributed by atoms with Crippen LogP contribution < -0.4 is 10.7 Å². The minimum atomic E-state index is -0.349. The van der Waals surface area contributed by atoms with E-state index < -0.39 is 0 Å². The molecule has 1 saturated heterocycles. The predicted molar refractivity (Wildman–Crippen MR) is 112 cm³/mol. The highest BCUT2D eigenvalue weighted by Crippen LogP contribution is 2.28. The molecule has 6 heteroatoms. The molecule has 0 spiro atoms. The first-order chi connectivity index (χ1) is 13.5. The molecular weight excluding hydrogens is 372 g/mol. The van der Waals surface area contributed by atoms with Crippen LogP contribution in [0.25, 0.3) is 11.0 Å². The van der Waals surface area contributed by atoms with E-state index in [9.17, 15) is 9.59 Å². The molecule has 28 heavy (non-hydrogen) atoms. The normalized spacial score (nSPS) is 15.8. The third-order valence-corrected chi connectivity index (χ3v) is 6.45. The molecule has 4 rings (SSSR count). The number of rotatable bonds is 5. The maximum absolute atomic E-state index is 12.7. The Morgan fingerprint density at radius 1 is 1.21 bits per heavy atom. The highest BCUT2D eigenvalue weighted by molar-refractivity contribution is 7.10. The van der Waals surface area contributed by atoms with Gasteiger partial charge in [-0.2, -0.15) is 0 Å². The average molecular weight is 397 g/mol. The van der Waals surface area contributed by atoms with Gasteiger partial charge in [-0.05, 0) is 74.5 Å². The monoisotopic (exact) mass is 396 g/mol. The second-order valence-corrected chi connectivity index (χ2v) is 8.37. The number of amides is 1. The van der Waals surface area contributed by atoms with E-state index >= 15 is 0 Å². The van der Waals surface area contributed by atoms with Crippen LogP contribution in [-0.2, 0) is 0 Å². The number of carbonyl (C=O) groups is 1. The SMILES string of the molecule is Cc1cc2oc(C(=O)NCC(c3cccs3)N3CCCC3)cc(=O)c2cc1C. The molecule has 1 aromatic carbocycles. The average Bonchev–Trinajstić information content (AvgIpc) is 3.38. The predicted octanol–water partition coefficient (Wildman–Crippen LogP) is 4.04. The van der Waals surface area contributed by atoms with Gasteiger partial charge < -0.3 is 9.73 Å². The van der Waals surface area contributed by atoms with E-state index in [1.54, 1.807) is 11.3 Å². The van der Waals surface area contributed by atoms with Crippen molar-refractivity contribution in [3.05, 3.63) is 67.7 Å². The molecule has 3 aromatic rings. The summed E-state index contributed by atoms with van der Waals surface area (Å²) in [7, 11) is 0. The minimum Gasteiger partial charge on any atom is -0.451 e. The van der Waals surface area contributed by atoms with Gasteiger partial charge in [-0.1, -0.05) is 6.07 Å². The van der Waals surface area contributed by atoms with Crippen molar-refractivity contribution in [1.29, 1.82) is 0 Å². The van der Waals surface area contributed by atoms with E-state index in [4.69, 9.17) is 4.42 Å². The summed E-state index contributed by atoms with van der Waals surface area (Å²) in [5, 5.41) is 5.55. The zero-order valence-electron chi connectivity index (χ0n) is 16.2. The van der Waals surface area contributed by atoms with Gasteiger partial charge in [-0.25, -0.2) is 0 Å². The van der Waals surface area contributed by atoms with E-state index in [1.807, 2.05) is 32.0 Å². The van der Waals surface area contributed by atoms with Crippen LogP contribution >= 0.6 is 11.3 Å². The Kier molecular flexibility index (Phi) is 5.33. The fraction of sp³-hybridized carbons (Fsp3) is 0.364. The Balaban J connectivity index is 1.55. The van der Waals surface area contributed by atoms with Gasteiger partial charge in [0.15, 0.2) is 11.2 Å². The molecule has 1 unspecified atom stereocenters. The first-order valence-electron chi connectivity index (χ1n) is 9.63. The zero-order chi connectivity index (χ0) is 19.7. The number of nitrogens with one attached hydrogen (secondary N) is 1. The van der Waals surface area contributed by atoms with Crippen LogP contribution in [-0.4, -0.2) is 30.4 Å². The molecule has 1 aliphatic rings. The molecule has 1 atom stereocenters. The lowest BCUT2D eigenvalue weighted by atomic mass is 10.1. The van der Waals surface area contributed by atoms with Crippen molar-refractivity contribution in [2.75, 3.05) is 19.6 Å². The summed E-state index contributed by atoms with van der Waals surface area (Å²) in [5.74, 6) is -0.287. The smallest absolute Gasteiger partial charge is 0.287 e. The van der Waals surface area contributed by atoms with Crippen molar-refractivity contribution in [1.82, 2.24) is 10.2 Å². The number of hydrogen-bond donors (Lipinski definition) is 1. The first kappa shape index (κ1) is 18.9. The Labute approximate surface area is 168 Å². The van der Waals surface area contributed by atoms with Gasteiger partial charge in [0.25, 0.3) is 5.91 Å². The van der Waals surface area contributed by atoms with E-state index in [1.165, 1.54) is 23.8 Å². The molecule has 5 nitrogen and oxygen atoms in total. The fourth-order valence-electron chi connectivity index (χ4n) is 3.74. The van der Waals surface area contributed by atoms with Crippen molar-refractivity contribution < 1.29 is 9.21 Å². The molecule has 1 fully saturated rings. The van der Waals surface area contributed by atoms with Crippen LogP contribution in [0.15, 0.2) is 44.9 Å². The van der Waals surface area contributed by atoms with Gasteiger partial charge in [0, 0.05) is 17.5 Å².